The van der Waals surface area contributed by atoms with E-state index in [1.165, 1.54) is 11.1 Å². The molecule has 0 fully saturated rings. The second kappa shape index (κ2) is 5.51. The third kappa shape index (κ3) is 3.36. The number of nitrogens with zero attached hydrogens (tertiary/aromatic N) is 1. The molecule has 1 atom stereocenters. The fourth-order valence-corrected chi connectivity index (χ4v) is 2.04. The molecule has 0 bridgehead atoms. The third-order valence-electron chi connectivity index (χ3n) is 3.01. The van der Waals surface area contributed by atoms with Crippen LogP contribution in [0.3, 0.4) is 0 Å². The maximum Gasteiger partial charge on any atom is 0.0554 e. The van der Waals surface area contributed by atoms with E-state index in [1.54, 1.807) is 0 Å². The van der Waals surface area contributed by atoms with Gasteiger partial charge in [-0.05, 0) is 31.0 Å². The molecular formula is C14H18ClN. The second-order valence-corrected chi connectivity index (χ2v) is 5.00. The van der Waals surface area contributed by atoms with Crippen molar-refractivity contribution in [2.75, 3.05) is 20.1 Å². The average Bonchev–Trinajstić information content (AvgIpc) is 2.30. The van der Waals surface area contributed by atoms with E-state index in [1.807, 2.05) is 0 Å². The zero-order valence-electron chi connectivity index (χ0n) is 9.70. The molecule has 16 heavy (non-hydrogen) atoms. The van der Waals surface area contributed by atoms with Gasteiger partial charge in [-0.3, -0.25) is 0 Å². The van der Waals surface area contributed by atoms with E-state index in [0.717, 1.165) is 25.9 Å². The summed E-state index contributed by atoms with van der Waals surface area (Å²) in [7, 11) is 2.16. The van der Waals surface area contributed by atoms with Crippen LogP contribution >= 0.6 is 11.6 Å². The Kier molecular flexibility index (Phi) is 4.03. The van der Waals surface area contributed by atoms with Gasteiger partial charge >= 0.3 is 0 Å². The predicted molar refractivity (Wildman–Crippen MR) is 70.8 cm³/mol. The van der Waals surface area contributed by atoms with Crippen LogP contribution in [0.15, 0.2) is 47.6 Å². The lowest BCUT2D eigenvalue weighted by Gasteiger charge is -2.20. The number of allylic oxidation sites excluding steroid dienone is 6. The Morgan fingerprint density at radius 3 is 2.88 bits per heavy atom. The van der Waals surface area contributed by atoms with Crippen LogP contribution in [-0.4, -0.2) is 30.4 Å². The summed E-state index contributed by atoms with van der Waals surface area (Å²) < 4.78 is 0. The molecule has 1 heterocycles. The zero-order chi connectivity index (χ0) is 11.4. The Bertz CT molecular complexity index is 363. The SMILES string of the molecule is CN1CC=C(/C=C/C2=CCC(Cl)C=C2)CC1. The van der Waals surface area contributed by atoms with Crippen molar-refractivity contribution >= 4 is 11.6 Å². The minimum absolute atomic E-state index is 0.180. The number of hydrogen-bond acceptors (Lipinski definition) is 1. The van der Waals surface area contributed by atoms with Gasteiger partial charge < -0.3 is 4.90 Å². The highest BCUT2D eigenvalue weighted by Gasteiger charge is 2.05. The van der Waals surface area contributed by atoms with Crippen LogP contribution in [0.4, 0.5) is 0 Å². The normalized spacial score (nSPS) is 27.0. The fourth-order valence-electron chi connectivity index (χ4n) is 1.88. The summed E-state index contributed by atoms with van der Waals surface area (Å²) in [5.41, 5.74) is 2.72. The lowest BCUT2D eigenvalue weighted by atomic mass is 10.0. The molecule has 1 aliphatic heterocycles. The molecule has 2 heteroatoms. The largest absolute Gasteiger partial charge is 0.302 e. The van der Waals surface area contributed by atoms with E-state index < -0.39 is 0 Å². The monoisotopic (exact) mass is 235 g/mol. The number of alkyl halides is 1. The van der Waals surface area contributed by atoms with Crippen molar-refractivity contribution in [2.24, 2.45) is 0 Å². The van der Waals surface area contributed by atoms with Gasteiger partial charge in [-0.1, -0.05) is 36.5 Å². The summed E-state index contributed by atoms with van der Waals surface area (Å²) >= 11 is 5.97. The molecule has 0 radical (unpaired) electrons. The van der Waals surface area contributed by atoms with Crippen molar-refractivity contribution < 1.29 is 0 Å². The van der Waals surface area contributed by atoms with Gasteiger partial charge in [0.15, 0.2) is 0 Å². The Labute approximate surface area is 103 Å². The highest BCUT2D eigenvalue weighted by molar-refractivity contribution is 6.22. The summed E-state index contributed by atoms with van der Waals surface area (Å²) in [4.78, 5) is 2.33. The van der Waals surface area contributed by atoms with Gasteiger partial charge in [0, 0.05) is 13.1 Å². The minimum Gasteiger partial charge on any atom is -0.302 e. The quantitative estimate of drug-likeness (QED) is 0.664. The van der Waals surface area contributed by atoms with E-state index in [4.69, 9.17) is 11.6 Å². The van der Waals surface area contributed by atoms with Crippen molar-refractivity contribution in [2.45, 2.75) is 18.2 Å². The lowest BCUT2D eigenvalue weighted by molar-refractivity contribution is 0.361. The summed E-state index contributed by atoms with van der Waals surface area (Å²) in [5, 5.41) is 0.180. The first-order chi connectivity index (χ1) is 7.74. The summed E-state index contributed by atoms with van der Waals surface area (Å²) in [6.07, 6.45) is 15.2. The Morgan fingerprint density at radius 2 is 2.25 bits per heavy atom. The summed E-state index contributed by atoms with van der Waals surface area (Å²) in [6, 6.07) is 0. The van der Waals surface area contributed by atoms with Gasteiger partial charge in [-0.2, -0.15) is 0 Å². The first kappa shape index (κ1) is 11.7. The van der Waals surface area contributed by atoms with Gasteiger partial charge in [0.1, 0.15) is 0 Å². The van der Waals surface area contributed by atoms with Crippen LogP contribution in [0.5, 0.6) is 0 Å². The van der Waals surface area contributed by atoms with Crippen molar-refractivity contribution in [1.82, 2.24) is 4.90 Å². The molecule has 0 N–H and O–H groups in total. The highest BCUT2D eigenvalue weighted by atomic mass is 35.5. The zero-order valence-corrected chi connectivity index (χ0v) is 10.5. The van der Waals surface area contributed by atoms with Gasteiger partial charge in [0.25, 0.3) is 0 Å². The van der Waals surface area contributed by atoms with Crippen molar-refractivity contribution in [3.63, 3.8) is 0 Å². The maximum atomic E-state index is 5.97. The Balaban J connectivity index is 1.92. The second-order valence-electron chi connectivity index (χ2n) is 4.44. The topological polar surface area (TPSA) is 3.24 Å². The molecule has 0 aromatic rings. The molecule has 1 aliphatic carbocycles. The number of rotatable bonds is 2. The van der Waals surface area contributed by atoms with Crippen LogP contribution in [0.1, 0.15) is 12.8 Å². The van der Waals surface area contributed by atoms with E-state index in [0.29, 0.717) is 0 Å². The molecular weight excluding hydrogens is 218 g/mol. The smallest absolute Gasteiger partial charge is 0.0554 e. The molecule has 0 aromatic heterocycles. The molecule has 1 unspecified atom stereocenters. The van der Waals surface area contributed by atoms with Gasteiger partial charge in [-0.15, -0.1) is 11.6 Å². The van der Waals surface area contributed by atoms with Gasteiger partial charge in [0.2, 0.25) is 0 Å². The van der Waals surface area contributed by atoms with Crippen LogP contribution in [0.2, 0.25) is 0 Å². The van der Waals surface area contributed by atoms with Gasteiger partial charge in [0.05, 0.1) is 5.38 Å². The third-order valence-corrected chi connectivity index (χ3v) is 3.34. The molecule has 2 aliphatic rings. The molecule has 1 nitrogen and oxygen atoms in total. The molecule has 2 rings (SSSR count). The standard InChI is InChI=1S/C14H18ClN/c1-16-10-8-13(9-11-16)3-2-12-4-6-14(15)7-5-12/h2-6,8,14H,7,9-11H2,1H3/b3-2+. The summed E-state index contributed by atoms with van der Waals surface area (Å²) in [6.45, 7) is 2.23. The molecule has 0 aromatic carbocycles. The van der Waals surface area contributed by atoms with E-state index in [9.17, 15) is 0 Å². The molecule has 86 valence electrons. The minimum atomic E-state index is 0.180. The van der Waals surface area contributed by atoms with Crippen LogP contribution < -0.4 is 0 Å². The molecule has 0 saturated heterocycles. The number of hydrogen-bond donors (Lipinski definition) is 0. The predicted octanol–water partition coefficient (Wildman–Crippen LogP) is 3.30. The fraction of sp³-hybridized carbons (Fsp3) is 0.429. The van der Waals surface area contributed by atoms with Crippen molar-refractivity contribution in [3.05, 3.63) is 47.6 Å². The lowest BCUT2D eigenvalue weighted by Crippen LogP contribution is -2.23. The molecule has 0 saturated carbocycles. The number of likely N-dealkylation sites (N-methyl/N-ethyl adjacent to an activating group) is 1. The highest BCUT2D eigenvalue weighted by Crippen LogP contribution is 2.17. The van der Waals surface area contributed by atoms with Gasteiger partial charge in [-0.25, -0.2) is 0 Å². The molecule has 0 amide bonds. The van der Waals surface area contributed by atoms with Crippen LogP contribution in [0, 0.1) is 0 Å². The van der Waals surface area contributed by atoms with Crippen molar-refractivity contribution in [1.29, 1.82) is 0 Å². The number of halogens is 1. The average molecular weight is 236 g/mol. The Hall–Kier alpha value is -0.790. The maximum absolute atomic E-state index is 5.97. The summed E-state index contributed by atoms with van der Waals surface area (Å²) in [5.74, 6) is 0. The Morgan fingerprint density at radius 1 is 1.38 bits per heavy atom. The van der Waals surface area contributed by atoms with Crippen LogP contribution in [0.25, 0.3) is 0 Å². The van der Waals surface area contributed by atoms with Crippen LogP contribution in [-0.2, 0) is 0 Å². The van der Waals surface area contributed by atoms with Crippen molar-refractivity contribution in [3.8, 4) is 0 Å². The van der Waals surface area contributed by atoms with E-state index >= 15 is 0 Å². The molecule has 0 spiro atoms. The van der Waals surface area contributed by atoms with E-state index in [2.05, 4.69) is 48.4 Å². The van der Waals surface area contributed by atoms with E-state index in [-0.39, 0.29) is 5.38 Å². The first-order valence-corrected chi connectivity index (χ1v) is 6.26. The first-order valence-electron chi connectivity index (χ1n) is 5.82.